The summed E-state index contributed by atoms with van der Waals surface area (Å²) in [5, 5.41) is 8.72. The number of halogens is 5. The molecule has 0 unspecified atom stereocenters. The van der Waals surface area contributed by atoms with E-state index < -0.39 is 36.1 Å². The molecule has 1 rings (SSSR count). The molecule has 98 valence electrons. The van der Waals surface area contributed by atoms with E-state index >= 15 is 0 Å². The van der Waals surface area contributed by atoms with E-state index in [1.807, 2.05) is 0 Å². The Hall–Kier alpha value is -0.430. The van der Waals surface area contributed by atoms with Crippen LogP contribution in [0.2, 0.25) is 0 Å². The molecule has 0 radical (unpaired) electrons. The molecule has 0 aliphatic heterocycles. The summed E-state index contributed by atoms with van der Waals surface area (Å²) in [6.45, 7) is 0. The second kappa shape index (κ2) is 5.28. The molecule has 0 aliphatic carbocycles. The lowest BCUT2D eigenvalue weighted by molar-refractivity contribution is -0.0328. The highest BCUT2D eigenvalue weighted by Gasteiger charge is 2.31. The van der Waals surface area contributed by atoms with Crippen molar-refractivity contribution in [1.82, 2.24) is 0 Å². The third-order valence-electron chi connectivity index (χ3n) is 1.63. The van der Waals surface area contributed by atoms with Crippen LogP contribution in [0.3, 0.4) is 0 Å². The molecule has 3 nitrogen and oxygen atoms in total. The first-order valence-corrected chi connectivity index (χ1v) is 7.90. The topological polar surface area (TPSA) is 57.9 Å². The van der Waals surface area contributed by atoms with E-state index in [0.717, 1.165) is 12.1 Å². The van der Waals surface area contributed by atoms with Gasteiger partial charge in [-0.15, -0.1) is 0 Å². The molecule has 0 spiro atoms. The Balaban J connectivity index is 3.47. The number of thioether (sulfide) groups is 1. The lowest BCUT2D eigenvalue weighted by Crippen LogP contribution is -2.01. The van der Waals surface area contributed by atoms with Crippen molar-refractivity contribution in [3.63, 3.8) is 0 Å². The monoisotopic (exact) mass is 379 g/mol. The van der Waals surface area contributed by atoms with Crippen LogP contribution >= 0.6 is 38.4 Å². The molecule has 1 aromatic rings. The summed E-state index contributed by atoms with van der Waals surface area (Å²) >= 11 is 2.29. The van der Waals surface area contributed by atoms with Gasteiger partial charge in [0.25, 0.3) is 9.05 Å². The summed E-state index contributed by atoms with van der Waals surface area (Å²) in [5.74, 6) is 0. The standard InChI is InChI=1S/C8H2BrClF3NO2S2/c9-7-4(3-14)1-5(17-8(11,12)13)2-6(7)18(10,15)16/h1-2H. The van der Waals surface area contributed by atoms with E-state index in [1.54, 1.807) is 6.07 Å². The Kier molecular flexibility index (Phi) is 4.59. The van der Waals surface area contributed by atoms with E-state index in [9.17, 15) is 21.6 Å². The Morgan fingerprint density at radius 1 is 1.39 bits per heavy atom. The van der Waals surface area contributed by atoms with Crippen LogP contribution in [0.5, 0.6) is 0 Å². The zero-order valence-electron chi connectivity index (χ0n) is 8.12. The summed E-state index contributed by atoms with van der Waals surface area (Å²) in [6, 6.07) is 3.26. The third kappa shape index (κ3) is 4.05. The van der Waals surface area contributed by atoms with Crippen LogP contribution in [-0.2, 0) is 9.05 Å². The van der Waals surface area contributed by atoms with Crippen LogP contribution in [0, 0.1) is 11.3 Å². The largest absolute Gasteiger partial charge is 0.446 e. The molecule has 0 aromatic heterocycles. The molecule has 0 amide bonds. The Morgan fingerprint density at radius 2 is 1.94 bits per heavy atom. The molecule has 0 saturated heterocycles. The molecular weight excluding hydrogens is 379 g/mol. The zero-order valence-corrected chi connectivity index (χ0v) is 12.1. The van der Waals surface area contributed by atoms with Gasteiger partial charge in [-0.2, -0.15) is 18.4 Å². The molecule has 0 N–H and O–H groups in total. The first kappa shape index (κ1) is 15.6. The number of nitrogens with zero attached hydrogens (tertiary/aromatic N) is 1. The minimum atomic E-state index is -4.59. The van der Waals surface area contributed by atoms with E-state index in [-0.39, 0.29) is 10.0 Å². The van der Waals surface area contributed by atoms with Crippen molar-refractivity contribution in [2.24, 2.45) is 0 Å². The normalized spacial score (nSPS) is 12.2. The SMILES string of the molecule is N#Cc1cc(SC(F)(F)F)cc(S(=O)(=O)Cl)c1Br. The van der Waals surface area contributed by atoms with Crippen molar-refractivity contribution in [1.29, 1.82) is 5.26 Å². The second-order valence-corrected chi connectivity index (χ2v) is 7.35. The van der Waals surface area contributed by atoms with Crippen molar-refractivity contribution in [3.05, 3.63) is 22.2 Å². The maximum Gasteiger partial charge on any atom is 0.446 e. The minimum Gasteiger partial charge on any atom is -0.207 e. The van der Waals surface area contributed by atoms with Crippen molar-refractivity contribution >= 4 is 47.4 Å². The van der Waals surface area contributed by atoms with Gasteiger partial charge in [-0.05, 0) is 39.8 Å². The van der Waals surface area contributed by atoms with E-state index in [0.29, 0.717) is 0 Å². The summed E-state index contributed by atoms with van der Waals surface area (Å²) in [5.41, 5.74) is -4.84. The smallest absolute Gasteiger partial charge is 0.207 e. The maximum absolute atomic E-state index is 12.2. The number of rotatable bonds is 2. The van der Waals surface area contributed by atoms with Gasteiger partial charge in [-0.25, -0.2) is 8.42 Å². The number of alkyl halides is 3. The van der Waals surface area contributed by atoms with E-state index in [2.05, 4.69) is 15.9 Å². The average molecular weight is 381 g/mol. The van der Waals surface area contributed by atoms with E-state index in [4.69, 9.17) is 15.9 Å². The Bertz CT molecular complexity index is 624. The molecule has 0 aliphatic rings. The molecule has 0 atom stereocenters. The first-order chi connectivity index (χ1) is 8.04. The third-order valence-corrected chi connectivity index (χ3v) is 4.80. The fraction of sp³-hybridized carbons (Fsp3) is 0.125. The van der Waals surface area contributed by atoms with Gasteiger partial charge >= 0.3 is 5.51 Å². The highest BCUT2D eigenvalue weighted by molar-refractivity contribution is 9.10. The van der Waals surface area contributed by atoms with Gasteiger partial charge in [0.15, 0.2) is 0 Å². The molecule has 18 heavy (non-hydrogen) atoms. The molecule has 0 heterocycles. The van der Waals surface area contributed by atoms with Gasteiger partial charge in [-0.1, -0.05) is 0 Å². The molecular formula is C8H2BrClF3NO2S2. The lowest BCUT2D eigenvalue weighted by Gasteiger charge is -2.09. The van der Waals surface area contributed by atoms with Crippen molar-refractivity contribution in [3.8, 4) is 6.07 Å². The molecule has 0 bridgehead atoms. The molecule has 0 fully saturated rings. The minimum absolute atomic E-state index is 0.161. The van der Waals surface area contributed by atoms with Crippen LogP contribution in [0.25, 0.3) is 0 Å². The highest BCUT2D eigenvalue weighted by Crippen LogP contribution is 2.40. The first-order valence-electron chi connectivity index (χ1n) is 3.98. The number of hydrogen-bond acceptors (Lipinski definition) is 4. The van der Waals surface area contributed by atoms with E-state index in [1.165, 1.54) is 0 Å². The summed E-state index contributed by atoms with van der Waals surface area (Å²) in [6.07, 6.45) is 0. The predicted molar refractivity (Wildman–Crippen MR) is 63.8 cm³/mol. The van der Waals surface area contributed by atoms with Crippen LogP contribution in [-0.4, -0.2) is 13.9 Å². The number of hydrogen-bond donors (Lipinski definition) is 0. The predicted octanol–water partition coefficient (Wildman–Crippen LogP) is 3.86. The van der Waals surface area contributed by atoms with Crippen molar-refractivity contribution in [2.75, 3.05) is 0 Å². The Labute approximate surface area is 117 Å². The average Bonchev–Trinajstić information content (AvgIpc) is 2.16. The van der Waals surface area contributed by atoms with Gasteiger partial charge in [0.05, 0.1) is 14.9 Å². The fourth-order valence-corrected chi connectivity index (χ4v) is 3.91. The Morgan fingerprint density at radius 3 is 2.33 bits per heavy atom. The van der Waals surface area contributed by atoms with Crippen LogP contribution < -0.4 is 0 Å². The molecule has 1 aromatic carbocycles. The van der Waals surface area contributed by atoms with Crippen LogP contribution in [0.15, 0.2) is 26.4 Å². The number of benzene rings is 1. The maximum atomic E-state index is 12.2. The summed E-state index contributed by atoms with van der Waals surface area (Å²) in [7, 11) is 0.828. The lowest BCUT2D eigenvalue weighted by atomic mass is 10.2. The van der Waals surface area contributed by atoms with Crippen molar-refractivity contribution in [2.45, 2.75) is 15.3 Å². The zero-order chi connectivity index (χ0) is 14.1. The van der Waals surface area contributed by atoms with Crippen LogP contribution in [0.1, 0.15) is 5.56 Å². The second-order valence-electron chi connectivity index (χ2n) is 2.88. The fourth-order valence-electron chi connectivity index (χ4n) is 1.02. The van der Waals surface area contributed by atoms with Gasteiger partial charge < -0.3 is 0 Å². The van der Waals surface area contributed by atoms with Crippen LogP contribution in [0.4, 0.5) is 13.2 Å². The van der Waals surface area contributed by atoms with Crippen molar-refractivity contribution < 1.29 is 21.6 Å². The molecule has 0 saturated carbocycles. The summed E-state index contributed by atoms with van der Waals surface area (Å²) in [4.78, 5) is -1.00. The quantitative estimate of drug-likeness (QED) is 0.577. The van der Waals surface area contributed by atoms with Gasteiger partial charge in [0.2, 0.25) is 0 Å². The van der Waals surface area contributed by atoms with Gasteiger partial charge in [0, 0.05) is 15.6 Å². The highest BCUT2D eigenvalue weighted by atomic mass is 79.9. The van der Waals surface area contributed by atoms with Gasteiger partial charge in [0.1, 0.15) is 6.07 Å². The summed E-state index contributed by atoms with van der Waals surface area (Å²) < 4.78 is 58.8. The number of nitriles is 1. The molecule has 10 heteroatoms. The van der Waals surface area contributed by atoms with Gasteiger partial charge in [-0.3, -0.25) is 0 Å².